The number of anilines is 1. The Morgan fingerprint density at radius 1 is 0.815 bits per heavy atom. The maximum atomic E-state index is 12.7. The normalized spacial score (nSPS) is 11.3. The first-order valence-corrected chi connectivity index (χ1v) is 8.78. The largest absolute Gasteiger partial charge is 0.325 e. The molecule has 0 spiro atoms. The van der Waals surface area contributed by atoms with Gasteiger partial charge >= 0.3 is 0 Å². The lowest BCUT2D eigenvalue weighted by Gasteiger charge is -2.08. The van der Waals surface area contributed by atoms with Crippen molar-refractivity contribution in [1.82, 2.24) is 14.5 Å². The number of nitrogens with zero attached hydrogens (tertiary/aromatic N) is 3. The highest BCUT2D eigenvalue weighted by atomic mass is 16.1. The summed E-state index contributed by atoms with van der Waals surface area (Å²) in [5.74, 6) is -0.0983. The number of fused-ring (bicyclic) bond motifs is 4. The van der Waals surface area contributed by atoms with Gasteiger partial charge in [-0.15, -0.1) is 0 Å². The number of hydrogen-bond donors (Lipinski definition) is 1. The van der Waals surface area contributed by atoms with Gasteiger partial charge in [0, 0.05) is 11.1 Å². The molecule has 5 heteroatoms. The van der Waals surface area contributed by atoms with Crippen LogP contribution in [0.3, 0.4) is 0 Å². The molecule has 0 unspecified atom stereocenters. The lowest BCUT2D eigenvalue weighted by molar-refractivity contribution is -0.116. The van der Waals surface area contributed by atoms with Crippen LogP contribution in [0.1, 0.15) is 0 Å². The number of aromatic nitrogens is 3. The molecule has 5 nitrogen and oxygen atoms in total. The molecule has 27 heavy (non-hydrogen) atoms. The van der Waals surface area contributed by atoms with E-state index < -0.39 is 0 Å². The van der Waals surface area contributed by atoms with E-state index in [1.165, 1.54) is 0 Å². The van der Waals surface area contributed by atoms with E-state index in [2.05, 4.69) is 5.32 Å². The van der Waals surface area contributed by atoms with Crippen molar-refractivity contribution >= 4 is 44.7 Å². The minimum atomic E-state index is -0.0983. The van der Waals surface area contributed by atoms with Crippen LogP contribution >= 0.6 is 0 Å². The number of carbonyl (C=O) groups is 1. The van der Waals surface area contributed by atoms with E-state index in [1.54, 1.807) is 0 Å². The summed E-state index contributed by atoms with van der Waals surface area (Å²) in [6, 6.07) is 25.2. The predicted molar refractivity (Wildman–Crippen MR) is 108 cm³/mol. The first kappa shape index (κ1) is 15.5. The van der Waals surface area contributed by atoms with Crippen LogP contribution in [0.25, 0.3) is 33.1 Å². The molecule has 5 rings (SSSR count). The smallest absolute Gasteiger partial charge is 0.244 e. The Labute approximate surface area is 155 Å². The molecule has 1 N–H and O–H groups in total. The highest BCUT2D eigenvalue weighted by Gasteiger charge is 2.16. The second-order valence-electron chi connectivity index (χ2n) is 6.40. The van der Waals surface area contributed by atoms with Gasteiger partial charge in [-0.25, -0.2) is 9.97 Å². The van der Waals surface area contributed by atoms with Crippen LogP contribution in [0, 0.1) is 0 Å². The zero-order valence-electron chi connectivity index (χ0n) is 14.5. The molecule has 0 radical (unpaired) electrons. The molecule has 0 aliphatic heterocycles. The van der Waals surface area contributed by atoms with E-state index in [0.29, 0.717) is 0 Å². The molecule has 0 fully saturated rings. The van der Waals surface area contributed by atoms with Crippen LogP contribution in [0.4, 0.5) is 5.69 Å². The lowest BCUT2D eigenvalue weighted by Crippen LogP contribution is -2.18. The van der Waals surface area contributed by atoms with Gasteiger partial charge in [-0.05, 0) is 30.3 Å². The fourth-order valence-electron chi connectivity index (χ4n) is 3.41. The van der Waals surface area contributed by atoms with Crippen LogP contribution < -0.4 is 5.32 Å². The van der Waals surface area contributed by atoms with E-state index in [9.17, 15) is 4.79 Å². The first-order valence-electron chi connectivity index (χ1n) is 8.78. The van der Waals surface area contributed by atoms with Crippen molar-refractivity contribution in [1.29, 1.82) is 0 Å². The van der Waals surface area contributed by atoms with E-state index in [1.807, 2.05) is 83.4 Å². The fourth-order valence-corrected chi connectivity index (χ4v) is 3.41. The Bertz CT molecular complexity index is 1290. The standard InChI is InChI=1S/C22H16N4O/c27-20(23-15-8-2-1-3-9-15)14-26-19-13-7-4-10-16(19)21-22(26)25-18-12-6-5-11-17(18)24-21/h1-13H,14H2,(H,23,27). The number of rotatable bonds is 3. The van der Waals surface area contributed by atoms with Crippen molar-refractivity contribution in [3.63, 3.8) is 0 Å². The number of nitrogens with one attached hydrogen (secondary N) is 1. The summed E-state index contributed by atoms with van der Waals surface area (Å²) in [6.45, 7) is 0.173. The van der Waals surface area contributed by atoms with Gasteiger partial charge in [0.25, 0.3) is 0 Å². The van der Waals surface area contributed by atoms with Crippen LogP contribution in [-0.2, 0) is 11.3 Å². The van der Waals surface area contributed by atoms with E-state index >= 15 is 0 Å². The molecule has 3 aromatic carbocycles. The highest BCUT2D eigenvalue weighted by molar-refractivity contribution is 6.07. The molecular formula is C22H16N4O. The lowest BCUT2D eigenvalue weighted by atomic mass is 10.2. The third-order valence-electron chi connectivity index (χ3n) is 4.62. The summed E-state index contributed by atoms with van der Waals surface area (Å²) in [5, 5.41) is 3.94. The molecule has 2 heterocycles. The number of amides is 1. The summed E-state index contributed by atoms with van der Waals surface area (Å²) < 4.78 is 1.93. The molecule has 1 amide bonds. The summed E-state index contributed by atoms with van der Waals surface area (Å²) >= 11 is 0. The van der Waals surface area contributed by atoms with Gasteiger partial charge < -0.3 is 9.88 Å². The second kappa shape index (κ2) is 6.21. The molecule has 0 saturated carbocycles. The zero-order valence-corrected chi connectivity index (χ0v) is 14.5. The van der Waals surface area contributed by atoms with Crippen LogP contribution in [0.5, 0.6) is 0 Å². The molecule has 0 saturated heterocycles. The second-order valence-corrected chi connectivity index (χ2v) is 6.40. The number of benzene rings is 3. The fraction of sp³-hybridized carbons (Fsp3) is 0.0455. The first-order chi connectivity index (χ1) is 13.3. The Kier molecular flexibility index (Phi) is 3.57. The van der Waals surface area contributed by atoms with Crippen LogP contribution in [0.15, 0.2) is 78.9 Å². The van der Waals surface area contributed by atoms with Gasteiger partial charge in [0.05, 0.1) is 16.6 Å². The summed E-state index contributed by atoms with van der Waals surface area (Å²) in [7, 11) is 0. The minimum absolute atomic E-state index is 0.0983. The third-order valence-corrected chi connectivity index (χ3v) is 4.62. The molecule has 0 aliphatic rings. The topological polar surface area (TPSA) is 59.8 Å². The van der Waals surface area contributed by atoms with Crippen molar-refractivity contribution in [3.8, 4) is 0 Å². The Balaban J connectivity index is 1.65. The molecule has 5 aromatic rings. The number of hydrogen-bond acceptors (Lipinski definition) is 3. The van der Waals surface area contributed by atoms with Crippen molar-refractivity contribution in [2.75, 3.05) is 5.32 Å². The summed E-state index contributed by atoms with van der Waals surface area (Å²) in [6.07, 6.45) is 0. The summed E-state index contributed by atoms with van der Waals surface area (Å²) in [5.41, 5.74) is 4.93. The SMILES string of the molecule is O=C(Cn1c2ccccc2c2nc3ccccc3nc21)Nc1ccccc1. The quantitative estimate of drug-likeness (QED) is 0.524. The number of carbonyl (C=O) groups excluding carboxylic acids is 1. The zero-order chi connectivity index (χ0) is 18.2. The Morgan fingerprint density at radius 3 is 2.30 bits per heavy atom. The maximum Gasteiger partial charge on any atom is 0.244 e. The van der Waals surface area contributed by atoms with Gasteiger partial charge in [0.1, 0.15) is 12.1 Å². The van der Waals surface area contributed by atoms with E-state index in [0.717, 1.165) is 38.8 Å². The molecule has 0 bridgehead atoms. The van der Waals surface area contributed by atoms with Gasteiger partial charge in [0.2, 0.25) is 5.91 Å². The molecule has 0 aliphatic carbocycles. The minimum Gasteiger partial charge on any atom is -0.325 e. The molecule has 130 valence electrons. The molecular weight excluding hydrogens is 336 g/mol. The third kappa shape index (κ3) is 2.69. The maximum absolute atomic E-state index is 12.7. The van der Waals surface area contributed by atoms with Gasteiger partial charge in [-0.3, -0.25) is 4.79 Å². The Hall–Kier alpha value is -3.73. The van der Waals surface area contributed by atoms with E-state index in [-0.39, 0.29) is 12.5 Å². The average Bonchev–Trinajstić information content (AvgIpc) is 3.00. The van der Waals surface area contributed by atoms with Crippen molar-refractivity contribution < 1.29 is 4.79 Å². The summed E-state index contributed by atoms with van der Waals surface area (Å²) in [4.78, 5) is 22.2. The van der Waals surface area contributed by atoms with Gasteiger partial charge in [-0.1, -0.05) is 48.5 Å². The van der Waals surface area contributed by atoms with E-state index in [4.69, 9.17) is 9.97 Å². The molecule has 2 aromatic heterocycles. The van der Waals surface area contributed by atoms with Crippen LogP contribution in [-0.4, -0.2) is 20.4 Å². The van der Waals surface area contributed by atoms with Crippen LogP contribution in [0.2, 0.25) is 0 Å². The van der Waals surface area contributed by atoms with Gasteiger partial charge in [0.15, 0.2) is 5.65 Å². The molecule has 0 atom stereocenters. The van der Waals surface area contributed by atoms with Gasteiger partial charge in [-0.2, -0.15) is 0 Å². The van der Waals surface area contributed by atoms with Crippen molar-refractivity contribution in [2.24, 2.45) is 0 Å². The monoisotopic (exact) mass is 352 g/mol. The average molecular weight is 352 g/mol. The van der Waals surface area contributed by atoms with Crippen molar-refractivity contribution in [2.45, 2.75) is 6.54 Å². The predicted octanol–water partition coefficient (Wildman–Crippen LogP) is 4.38. The number of para-hydroxylation sites is 4. The highest BCUT2D eigenvalue weighted by Crippen LogP contribution is 2.28. The van der Waals surface area contributed by atoms with Crippen molar-refractivity contribution in [3.05, 3.63) is 78.9 Å². The Morgan fingerprint density at radius 2 is 1.48 bits per heavy atom.